The van der Waals surface area contributed by atoms with Gasteiger partial charge >= 0.3 is 0 Å². The van der Waals surface area contributed by atoms with Gasteiger partial charge in [0, 0.05) is 5.25 Å². The molecule has 76 valence electrons. The first-order valence-corrected chi connectivity index (χ1v) is 7.52. The molecule has 0 N–H and O–H groups in total. The topological polar surface area (TPSA) is 64.8 Å². The van der Waals surface area contributed by atoms with Gasteiger partial charge in [-0.3, -0.25) is 0 Å². The van der Waals surface area contributed by atoms with Crippen LogP contribution < -0.4 is 0 Å². The third-order valence-electron chi connectivity index (χ3n) is 2.51. The van der Waals surface area contributed by atoms with Crippen LogP contribution in [0.3, 0.4) is 0 Å². The summed E-state index contributed by atoms with van der Waals surface area (Å²) in [5.74, 6) is 0.224. The quantitative estimate of drug-likeness (QED) is 0.650. The van der Waals surface area contributed by atoms with Crippen LogP contribution in [0, 0.1) is 0 Å². The van der Waals surface area contributed by atoms with Crippen molar-refractivity contribution in [3.05, 3.63) is 6.33 Å². The molecule has 0 saturated carbocycles. The molecule has 0 aliphatic carbocycles. The highest BCUT2D eigenvalue weighted by molar-refractivity contribution is 9.11. The van der Waals surface area contributed by atoms with Gasteiger partial charge in [-0.2, -0.15) is 0 Å². The molecule has 1 saturated heterocycles. The zero-order chi connectivity index (χ0) is 9.92. The van der Waals surface area contributed by atoms with Crippen molar-refractivity contribution in [3.63, 3.8) is 0 Å². The van der Waals surface area contributed by atoms with Gasteiger partial charge in [-0.05, 0) is 0 Å². The zero-order valence-corrected chi connectivity index (χ0v) is 10.1. The minimum absolute atomic E-state index is 0.0463. The van der Waals surface area contributed by atoms with Crippen LogP contribution in [-0.4, -0.2) is 38.3 Å². The van der Waals surface area contributed by atoms with Gasteiger partial charge in [-0.1, -0.05) is 27.7 Å². The number of sulfone groups is 1. The van der Waals surface area contributed by atoms with Gasteiger partial charge < -0.3 is 4.57 Å². The van der Waals surface area contributed by atoms with Crippen molar-refractivity contribution < 1.29 is 8.42 Å². The summed E-state index contributed by atoms with van der Waals surface area (Å²) >= 11 is 4.74. The highest BCUT2D eigenvalue weighted by Gasteiger charge is 2.51. The fourth-order valence-corrected chi connectivity index (χ4v) is 6.76. The first-order valence-electron chi connectivity index (χ1n) is 4.01. The van der Waals surface area contributed by atoms with Gasteiger partial charge in [-0.25, -0.2) is 8.42 Å². The van der Waals surface area contributed by atoms with Crippen molar-refractivity contribution in [2.75, 3.05) is 5.75 Å². The van der Waals surface area contributed by atoms with Gasteiger partial charge in [-0.15, -0.1) is 10.2 Å². The number of fused-ring (bicyclic) bond motifs is 3. The zero-order valence-electron chi connectivity index (χ0n) is 6.87. The lowest BCUT2D eigenvalue weighted by Gasteiger charge is -2.11. The summed E-state index contributed by atoms with van der Waals surface area (Å²) in [5, 5.41) is 8.60. The van der Waals surface area contributed by atoms with E-state index in [1.165, 1.54) is 11.8 Å². The Bertz CT molecular complexity index is 485. The molecule has 1 fully saturated rings. The summed E-state index contributed by atoms with van der Waals surface area (Å²) < 4.78 is 24.5. The van der Waals surface area contributed by atoms with Crippen molar-refractivity contribution >= 4 is 37.5 Å². The first-order chi connectivity index (χ1) is 6.59. The van der Waals surface area contributed by atoms with E-state index in [1.54, 1.807) is 6.33 Å². The van der Waals surface area contributed by atoms with Crippen LogP contribution >= 0.6 is 27.7 Å². The lowest BCUT2D eigenvalue weighted by Crippen LogP contribution is -2.18. The molecular weight excluding hydrogens is 290 g/mol. The number of hydrogen-bond donors (Lipinski definition) is 0. The van der Waals surface area contributed by atoms with Crippen LogP contribution in [0.2, 0.25) is 0 Å². The van der Waals surface area contributed by atoms with E-state index in [-0.39, 0.29) is 17.0 Å². The van der Waals surface area contributed by atoms with Crippen LogP contribution in [0.25, 0.3) is 0 Å². The van der Waals surface area contributed by atoms with E-state index in [4.69, 9.17) is 0 Å². The maximum atomic E-state index is 11.6. The molecule has 14 heavy (non-hydrogen) atoms. The average Bonchev–Trinajstić information content (AvgIpc) is 2.65. The fourth-order valence-electron chi connectivity index (χ4n) is 1.87. The second-order valence-electron chi connectivity index (χ2n) is 3.35. The molecule has 2 aliphatic heterocycles. The fraction of sp³-hybridized carbons (Fsp3) is 0.667. The summed E-state index contributed by atoms with van der Waals surface area (Å²) in [6.45, 7) is 0. The van der Waals surface area contributed by atoms with E-state index in [1.807, 2.05) is 4.57 Å². The molecule has 0 unspecified atom stereocenters. The molecule has 1 aromatic heterocycles. The largest absolute Gasteiger partial charge is 0.302 e. The van der Waals surface area contributed by atoms with Crippen LogP contribution in [0.1, 0.15) is 6.04 Å². The minimum atomic E-state index is -2.99. The van der Waals surface area contributed by atoms with Crippen molar-refractivity contribution in [2.45, 2.75) is 20.6 Å². The van der Waals surface area contributed by atoms with Crippen LogP contribution in [0.5, 0.6) is 0 Å². The normalized spacial score (nSPS) is 38.2. The summed E-state index contributed by atoms with van der Waals surface area (Å²) in [6.07, 6.45) is 1.60. The summed E-state index contributed by atoms with van der Waals surface area (Å²) in [7, 11) is -2.99. The molecule has 3 atom stereocenters. The lowest BCUT2D eigenvalue weighted by molar-refractivity contribution is 0.537. The first kappa shape index (κ1) is 9.17. The molecule has 0 amide bonds. The molecule has 0 aromatic carbocycles. The van der Waals surface area contributed by atoms with Crippen molar-refractivity contribution in [1.29, 1.82) is 0 Å². The smallest absolute Gasteiger partial charge is 0.191 e. The molecule has 5 nitrogen and oxygen atoms in total. The lowest BCUT2D eigenvalue weighted by atomic mass is 10.2. The van der Waals surface area contributed by atoms with E-state index >= 15 is 0 Å². The van der Waals surface area contributed by atoms with Crippen molar-refractivity contribution in [1.82, 2.24) is 14.8 Å². The van der Waals surface area contributed by atoms with Crippen LogP contribution in [-0.2, 0) is 9.84 Å². The molecule has 8 heteroatoms. The molecule has 1 aromatic rings. The Hall–Kier alpha value is -0.0800. The Morgan fingerprint density at radius 2 is 2.43 bits per heavy atom. The number of nitrogens with zero attached hydrogens (tertiary/aromatic N) is 3. The van der Waals surface area contributed by atoms with Crippen LogP contribution in [0.4, 0.5) is 0 Å². The monoisotopic (exact) mass is 295 g/mol. The number of halogens is 1. The van der Waals surface area contributed by atoms with Gasteiger partial charge in [0.1, 0.15) is 10.5 Å². The van der Waals surface area contributed by atoms with Crippen molar-refractivity contribution in [2.24, 2.45) is 0 Å². The predicted molar refractivity (Wildman–Crippen MR) is 55.2 cm³/mol. The average molecular weight is 296 g/mol. The van der Waals surface area contributed by atoms with Gasteiger partial charge in [0.25, 0.3) is 0 Å². The minimum Gasteiger partial charge on any atom is -0.302 e. The number of aromatic nitrogens is 3. The third-order valence-corrected chi connectivity index (χ3v) is 8.01. The van der Waals surface area contributed by atoms with E-state index in [0.717, 1.165) is 5.16 Å². The molecule has 2 aliphatic rings. The Morgan fingerprint density at radius 3 is 3.21 bits per heavy atom. The number of thioether (sulfide) groups is 1. The summed E-state index contributed by atoms with van der Waals surface area (Å²) in [6, 6.07) is -0.0463. The standard InChI is InChI=1S/C6H6BrN3O2S2/c7-5-4-3(1-14(5,11)12)13-6-9-8-2-10(4)6/h2-5H,1H2/t3-,4-,5-/m1/s1. The molecule has 0 radical (unpaired) electrons. The van der Waals surface area contributed by atoms with Gasteiger partial charge in [0.15, 0.2) is 15.0 Å². The van der Waals surface area contributed by atoms with Crippen molar-refractivity contribution in [3.8, 4) is 0 Å². The Morgan fingerprint density at radius 1 is 1.64 bits per heavy atom. The third kappa shape index (κ3) is 1.04. The molecular formula is C6H6BrN3O2S2. The van der Waals surface area contributed by atoms with E-state index < -0.39 is 14.0 Å². The number of rotatable bonds is 0. The molecule has 3 heterocycles. The summed E-state index contributed by atoms with van der Waals surface area (Å²) in [5.41, 5.74) is 0. The van der Waals surface area contributed by atoms with Crippen LogP contribution in [0.15, 0.2) is 11.5 Å². The number of hydrogen-bond acceptors (Lipinski definition) is 5. The molecule has 0 bridgehead atoms. The van der Waals surface area contributed by atoms with E-state index in [0.29, 0.717) is 0 Å². The Balaban J connectivity index is 2.12. The van der Waals surface area contributed by atoms with E-state index in [2.05, 4.69) is 26.1 Å². The Labute approximate surface area is 93.3 Å². The second kappa shape index (κ2) is 2.73. The Kier molecular flexibility index (Phi) is 1.79. The predicted octanol–water partition coefficient (Wildman–Crippen LogP) is 0.443. The maximum Gasteiger partial charge on any atom is 0.191 e. The van der Waals surface area contributed by atoms with Gasteiger partial charge in [0.2, 0.25) is 0 Å². The highest BCUT2D eigenvalue weighted by atomic mass is 79.9. The highest BCUT2D eigenvalue weighted by Crippen LogP contribution is 2.49. The second-order valence-corrected chi connectivity index (χ2v) is 8.31. The summed E-state index contributed by atoms with van der Waals surface area (Å²) in [4.78, 5) is 0. The maximum absolute atomic E-state index is 11.6. The van der Waals surface area contributed by atoms with E-state index in [9.17, 15) is 8.42 Å². The molecule has 0 spiro atoms. The SMILES string of the molecule is O=S1(=O)C[C@H]2Sc3nncn3[C@H]2[C@@H]1Br. The van der Waals surface area contributed by atoms with Gasteiger partial charge in [0.05, 0.1) is 11.8 Å². The molecule has 3 rings (SSSR count). The number of alkyl halides is 1.